The molecule has 2 aromatic rings. The third-order valence-corrected chi connectivity index (χ3v) is 5.80. The van der Waals surface area contributed by atoms with Gasteiger partial charge in [-0.1, -0.05) is 36.8 Å². The van der Waals surface area contributed by atoms with Crippen molar-refractivity contribution in [2.45, 2.75) is 51.1 Å². The van der Waals surface area contributed by atoms with Crippen LogP contribution in [0.3, 0.4) is 0 Å². The van der Waals surface area contributed by atoms with Crippen molar-refractivity contribution in [3.05, 3.63) is 59.2 Å². The van der Waals surface area contributed by atoms with Crippen molar-refractivity contribution in [1.82, 2.24) is 10.0 Å². The van der Waals surface area contributed by atoms with E-state index in [0.717, 1.165) is 11.1 Å². The van der Waals surface area contributed by atoms with E-state index < -0.39 is 10.0 Å². The Morgan fingerprint density at radius 1 is 1.11 bits per heavy atom. The molecule has 2 N–H and O–H groups in total. The third kappa shape index (κ3) is 5.33. The predicted molar refractivity (Wildman–Crippen MR) is 110 cm³/mol. The number of carbonyl (C=O) groups is 1. The third-order valence-electron chi connectivity index (χ3n) is 4.33. The van der Waals surface area contributed by atoms with E-state index in [0.29, 0.717) is 12.2 Å². The van der Waals surface area contributed by atoms with Crippen LogP contribution >= 0.6 is 0 Å². The van der Waals surface area contributed by atoms with Crippen molar-refractivity contribution in [2.24, 2.45) is 0 Å². The summed E-state index contributed by atoms with van der Waals surface area (Å²) in [6.07, 6.45) is 0.596. The number of ether oxygens (including phenoxy) is 1. The summed E-state index contributed by atoms with van der Waals surface area (Å²) in [6, 6.07) is 11.6. The van der Waals surface area contributed by atoms with Gasteiger partial charge in [-0.05, 0) is 51.0 Å². The number of sulfonamides is 1. The van der Waals surface area contributed by atoms with Crippen molar-refractivity contribution < 1.29 is 17.9 Å². The molecular formula is C21H28N2O4S. The molecule has 0 radical (unpaired) electrons. The van der Waals surface area contributed by atoms with Gasteiger partial charge in [0.15, 0.2) is 0 Å². The minimum atomic E-state index is -3.82. The maximum Gasteiger partial charge on any atom is 0.255 e. The zero-order chi connectivity index (χ0) is 20.9. The van der Waals surface area contributed by atoms with Crippen molar-refractivity contribution in [1.29, 1.82) is 0 Å². The Bertz CT molecular complexity index is 922. The van der Waals surface area contributed by atoms with Crippen LogP contribution in [0.2, 0.25) is 0 Å². The fourth-order valence-corrected chi connectivity index (χ4v) is 4.15. The van der Waals surface area contributed by atoms with Crippen LogP contribution in [-0.4, -0.2) is 27.5 Å². The van der Waals surface area contributed by atoms with E-state index in [4.69, 9.17) is 4.74 Å². The van der Waals surface area contributed by atoms with Gasteiger partial charge in [0.2, 0.25) is 10.0 Å². The van der Waals surface area contributed by atoms with Gasteiger partial charge in [0, 0.05) is 12.1 Å². The van der Waals surface area contributed by atoms with Crippen molar-refractivity contribution >= 4 is 15.9 Å². The molecule has 6 nitrogen and oxygen atoms in total. The predicted octanol–water partition coefficient (Wildman–Crippen LogP) is 3.57. The zero-order valence-corrected chi connectivity index (χ0v) is 17.8. The first kappa shape index (κ1) is 21.9. The van der Waals surface area contributed by atoms with Gasteiger partial charge in [-0.25, -0.2) is 13.1 Å². The molecule has 0 unspecified atom stereocenters. The fourth-order valence-electron chi connectivity index (χ4n) is 2.81. The molecule has 7 heteroatoms. The summed E-state index contributed by atoms with van der Waals surface area (Å²) in [6.45, 7) is 7.57. The van der Waals surface area contributed by atoms with E-state index >= 15 is 0 Å². The Balaban J connectivity index is 2.36. The number of rotatable bonds is 8. The van der Waals surface area contributed by atoms with E-state index in [2.05, 4.69) is 10.0 Å². The maximum atomic E-state index is 13.0. The summed E-state index contributed by atoms with van der Waals surface area (Å²) in [5.41, 5.74) is 2.18. The molecule has 0 heterocycles. The summed E-state index contributed by atoms with van der Waals surface area (Å²) in [7, 11) is -2.38. The molecule has 0 aliphatic heterocycles. The Labute approximate surface area is 167 Å². The van der Waals surface area contributed by atoms with E-state index in [1.807, 2.05) is 52.0 Å². The topological polar surface area (TPSA) is 84.5 Å². The van der Waals surface area contributed by atoms with Crippen LogP contribution in [0.4, 0.5) is 0 Å². The lowest BCUT2D eigenvalue weighted by molar-refractivity contribution is 0.0940. The maximum absolute atomic E-state index is 13.0. The van der Waals surface area contributed by atoms with Gasteiger partial charge in [-0.3, -0.25) is 4.79 Å². The zero-order valence-electron chi connectivity index (χ0n) is 16.9. The summed E-state index contributed by atoms with van der Waals surface area (Å²) < 4.78 is 33.9. The molecule has 2 rings (SSSR count). The number of hydrogen-bond donors (Lipinski definition) is 2. The molecule has 28 heavy (non-hydrogen) atoms. The molecular weight excluding hydrogens is 376 g/mol. The SMILES string of the molecule is CC[C@@H](NS(=O)(=O)c1ccc(OC)c(C(=O)NC(C)C)c1)c1ccc(C)cc1. The molecule has 0 fully saturated rings. The summed E-state index contributed by atoms with van der Waals surface area (Å²) in [4.78, 5) is 12.5. The molecule has 0 aliphatic carbocycles. The van der Waals surface area contributed by atoms with Gasteiger partial charge in [-0.15, -0.1) is 0 Å². The van der Waals surface area contributed by atoms with Gasteiger partial charge < -0.3 is 10.1 Å². The molecule has 0 saturated carbocycles. The lowest BCUT2D eigenvalue weighted by atomic mass is 10.0. The minimum absolute atomic E-state index is 0.0211. The molecule has 152 valence electrons. The second kappa shape index (κ2) is 9.21. The van der Waals surface area contributed by atoms with Crippen LogP contribution in [0.1, 0.15) is 54.7 Å². The van der Waals surface area contributed by atoms with E-state index in [1.54, 1.807) is 0 Å². The lowest BCUT2D eigenvalue weighted by Crippen LogP contribution is -2.31. The smallest absolute Gasteiger partial charge is 0.255 e. The molecule has 0 spiro atoms. The Kier molecular flexibility index (Phi) is 7.21. The number of amides is 1. The van der Waals surface area contributed by atoms with Crippen LogP contribution in [0, 0.1) is 6.92 Å². The molecule has 1 atom stereocenters. The van der Waals surface area contributed by atoms with Crippen molar-refractivity contribution in [3.63, 3.8) is 0 Å². The number of hydrogen-bond acceptors (Lipinski definition) is 4. The number of benzene rings is 2. The van der Waals surface area contributed by atoms with Gasteiger partial charge in [0.1, 0.15) is 5.75 Å². The van der Waals surface area contributed by atoms with Crippen LogP contribution in [0.5, 0.6) is 5.75 Å². The second-order valence-electron chi connectivity index (χ2n) is 6.98. The highest BCUT2D eigenvalue weighted by Crippen LogP contribution is 2.25. The van der Waals surface area contributed by atoms with Crippen molar-refractivity contribution in [3.8, 4) is 5.75 Å². The Hall–Kier alpha value is -2.38. The van der Waals surface area contributed by atoms with E-state index in [-0.39, 0.29) is 28.4 Å². The highest BCUT2D eigenvalue weighted by atomic mass is 32.2. The molecule has 2 aromatic carbocycles. The molecule has 0 bridgehead atoms. The highest BCUT2D eigenvalue weighted by Gasteiger charge is 2.23. The Morgan fingerprint density at radius 3 is 2.29 bits per heavy atom. The van der Waals surface area contributed by atoms with Gasteiger partial charge in [0.25, 0.3) is 5.91 Å². The molecule has 0 aromatic heterocycles. The molecule has 1 amide bonds. The standard InChI is InChI=1S/C21H28N2O4S/c1-6-19(16-9-7-15(4)8-10-16)23-28(25,26)17-11-12-20(27-5)18(13-17)21(24)22-14(2)3/h7-14,19,23H,6H2,1-5H3,(H,22,24)/t19-/m1/s1. The fraction of sp³-hybridized carbons (Fsp3) is 0.381. The number of aryl methyl sites for hydroxylation is 1. The molecule has 0 aliphatic rings. The van der Waals surface area contributed by atoms with Gasteiger partial charge in [0.05, 0.1) is 17.6 Å². The quantitative estimate of drug-likeness (QED) is 0.704. The van der Waals surface area contributed by atoms with Gasteiger partial charge >= 0.3 is 0 Å². The van der Waals surface area contributed by atoms with Crippen LogP contribution < -0.4 is 14.8 Å². The minimum Gasteiger partial charge on any atom is -0.496 e. The highest BCUT2D eigenvalue weighted by molar-refractivity contribution is 7.89. The van der Waals surface area contributed by atoms with E-state index in [9.17, 15) is 13.2 Å². The second-order valence-corrected chi connectivity index (χ2v) is 8.70. The summed E-state index contributed by atoms with van der Waals surface area (Å²) in [5.74, 6) is -0.0582. The summed E-state index contributed by atoms with van der Waals surface area (Å²) in [5, 5.41) is 2.76. The monoisotopic (exact) mass is 404 g/mol. The van der Waals surface area contributed by atoms with Crippen LogP contribution in [0.15, 0.2) is 47.4 Å². The van der Waals surface area contributed by atoms with Crippen molar-refractivity contribution in [2.75, 3.05) is 7.11 Å². The van der Waals surface area contributed by atoms with Crippen LogP contribution in [0.25, 0.3) is 0 Å². The first-order chi connectivity index (χ1) is 13.2. The largest absolute Gasteiger partial charge is 0.496 e. The first-order valence-electron chi connectivity index (χ1n) is 9.25. The number of methoxy groups -OCH3 is 1. The Morgan fingerprint density at radius 2 is 1.75 bits per heavy atom. The normalized spacial score (nSPS) is 12.6. The average molecular weight is 405 g/mol. The lowest BCUT2D eigenvalue weighted by Gasteiger charge is -2.19. The average Bonchev–Trinajstić information content (AvgIpc) is 2.65. The van der Waals surface area contributed by atoms with Gasteiger partial charge in [-0.2, -0.15) is 0 Å². The molecule has 0 saturated heterocycles. The number of nitrogens with one attached hydrogen (secondary N) is 2. The van der Waals surface area contributed by atoms with Crippen LogP contribution in [-0.2, 0) is 10.0 Å². The number of carbonyl (C=O) groups excluding carboxylic acids is 1. The first-order valence-corrected chi connectivity index (χ1v) is 10.7. The van der Waals surface area contributed by atoms with E-state index in [1.165, 1.54) is 25.3 Å². The summed E-state index contributed by atoms with van der Waals surface area (Å²) >= 11 is 0.